The fourth-order valence-corrected chi connectivity index (χ4v) is 10.0. The number of phosphoric acid groups is 2. The Morgan fingerprint density at radius 1 is 0.935 bits per heavy atom. The van der Waals surface area contributed by atoms with Crippen LogP contribution in [0.5, 0.6) is 0 Å². The van der Waals surface area contributed by atoms with E-state index < -0.39 is 93.1 Å². The van der Waals surface area contributed by atoms with Crippen LogP contribution in [0.15, 0.2) is 46.7 Å². The van der Waals surface area contributed by atoms with Gasteiger partial charge in [-0.25, -0.2) is 32.2 Å². The molecule has 0 aromatic carbocycles. The van der Waals surface area contributed by atoms with Gasteiger partial charge in [-0.1, -0.05) is 67.8 Å². The first kappa shape index (κ1) is 53.3. The maximum Gasteiger partial charge on any atom is 0.478 e. The lowest BCUT2D eigenvalue weighted by molar-refractivity contribution is -0.167. The molecule has 5 aliphatic rings. The first-order valence-corrected chi connectivity index (χ1v) is 22.7. The molecule has 10 atom stereocenters. The van der Waals surface area contributed by atoms with Crippen LogP contribution in [0.25, 0.3) is 0 Å². The number of aromatic nitrogens is 2. The molecule has 25 heteroatoms. The van der Waals surface area contributed by atoms with Crippen LogP contribution >= 0.6 is 27.4 Å². The zero-order chi connectivity index (χ0) is 44.6. The first-order valence-electron chi connectivity index (χ1n) is 18.8. The number of nitrogen functional groups attached to an aromatic ring is 1. The maximum absolute atomic E-state index is 15.4. The Bertz CT molecular complexity index is 2030. The summed E-state index contributed by atoms with van der Waals surface area (Å²) in [6.45, 7) is 16.3. The largest absolute Gasteiger partial charge is 0.478 e. The van der Waals surface area contributed by atoms with Crippen LogP contribution in [0.1, 0.15) is 89.3 Å². The van der Waals surface area contributed by atoms with Gasteiger partial charge in [0.05, 0.1) is 18.6 Å². The van der Waals surface area contributed by atoms with Crippen LogP contribution in [0.2, 0.25) is 0 Å². The smallest absolute Gasteiger partial charge is 0.437 e. The molecule has 4 unspecified atom stereocenters. The standard InChI is InChI=1S/C18H27FN3O6PS.C17H25FN3O8P.2CH4/c1-6-18-9-25-29(24,26-10-30-16(23)17(3,4)5)28-14(18)13(19)15(27-18)22-8-7-12(20)21-11(22)2;1-5-17-8-26-30(24,27-9-25-14(22)16(2,3)4)29-12(17)11(18)13(28-17)21-7-6-10(19)20-15(21)23;;/h7-8,13-15H,2,6,9-10H2,1,3-5H3,(H2,20,21);6-7,11-13H,5,8-9H2,1-4H3,(H2,19,20,23);2*1H4/t13-,14?,15-,18-,29?;11-,12?,13-,17-,30?;;/m11../s1. The Morgan fingerprint density at radius 3 is 1.97 bits per heavy atom. The summed E-state index contributed by atoms with van der Waals surface area (Å²) < 4.78 is 106. The fourth-order valence-electron chi connectivity index (χ4n) is 6.27. The number of phosphoric ester groups is 2. The molecule has 0 aliphatic carbocycles. The second-order valence-corrected chi connectivity index (χ2v) is 20.4. The van der Waals surface area contributed by atoms with E-state index in [1.165, 1.54) is 29.4 Å². The number of alkyl halides is 2. The van der Waals surface area contributed by atoms with Gasteiger partial charge in [-0.2, -0.15) is 4.98 Å². The van der Waals surface area contributed by atoms with Gasteiger partial charge in [0, 0.05) is 17.8 Å². The molecule has 62 heavy (non-hydrogen) atoms. The summed E-state index contributed by atoms with van der Waals surface area (Å²) in [6, 6.07) is 1.33. The number of hydrogen-bond acceptors (Lipinski definition) is 20. The van der Waals surface area contributed by atoms with E-state index in [9.17, 15) is 23.5 Å². The Balaban J connectivity index is 0.000000320. The maximum atomic E-state index is 15.4. The SMILES string of the molecule is C.C.C=C1N=C(N)C=CN1[C@@H]1O[C@]2(CC)COP(=O)(OCSC(=O)C(C)(C)C)OC2[C@H]1F.CC[C@@]12COP(=O)(OCOC(=O)C(C)(C)C)OC1[C@@H](F)[C@H](n1ccc(N)nc1=O)O2. The molecule has 0 spiro atoms. The molecule has 4 saturated heterocycles. The highest BCUT2D eigenvalue weighted by Crippen LogP contribution is 2.62. The minimum Gasteiger partial charge on any atom is -0.437 e. The summed E-state index contributed by atoms with van der Waals surface area (Å²) in [4.78, 5) is 44.9. The Kier molecular flexibility index (Phi) is 17.2. The number of ether oxygens (including phenoxy) is 3. The lowest BCUT2D eigenvalue weighted by Gasteiger charge is -2.39. The van der Waals surface area contributed by atoms with E-state index in [4.69, 9.17) is 52.8 Å². The molecule has 0 amide bonds. The van der Waals surface area contributed by atoms with Gasteiger partial charge in [0.1, 0.15) is 46.8 Å². The van der Waals surface area contributed by atoms with E-state index in [1.54, 1.807) is 55.4 Å². The molecular weight excluding hydrogens is 884 g/mol. The van der Waals surface area contributed by atoms with Crippen LogP contribution in [0, 0.1) is 10.8 Å². The van der Waals surface area contributed by atoms with Gasteiger partial charge in [0.15, 0.2) is 29.9 Å². The van der Waals surface area contributed by atoms with Crippen molar-refractivity contribution in [3.8, 4) is 0 Å². The van der Waals surface area contributed by atoms with Gasteiger partial charge in [-0.3, -0.25) is 36.8 Å². The molecule has 6 rings (SSSR count). The molecule has 1 aromatic heterocycles. The number of rotatable bonds is 10. The van der Waals surface area contributed by atoms with E-state index in [0.717, 1.165) is 16.3 Å². The number of nitrogens with two attached hydrogens (primary N) is 2. The number of hydrogen-bond donors (Lipinski definition) is 2. The molecule has 4 N–H and O–H groups in total. The highest BCUT2D eigenvalue weighted by atomic mass is 32.2. The van der Waals surface area contributed by atoms with Gasteiger partial charge in [-0.15, -0.1) is 0 Å². The first-order chi connectivity index (χ1) is 27.8. The second kappa shape index (κ2) is 20.0. The van der Waals surface area contributed by atoms with Crippen molar-refractivity contribution in [1.82, 2.24) is 14.5 Å². The van der Waals surface area contributed by atoms with Crippen molar-refractivity contribution in [1.29, 1.82) is 0 Å². The quantitative estimate of drug-likeness (QED) is 0.144. The third-order valence-electron chi connectivity index (χ3n) is 9.88. The van der Waals surface area contributed by atoms with Crippen molar-refractivity contribution in [2.45, 2.75) is 131 Å². The van der Waals surface area contributed by atoms with Crippen molar-refractivity contribution in [3.63, 3.8) is 0 Å². The summed E-state index contributed by atoms with van der Waals surface area (Å²) in [5.74, 6) is -0.386. The van der Waals surface area contributed by atoms with E-state index in [0.29, 0.717) is 6.42 Å². The number of carbonyl (C=O) groups excluding carboxylic acids is 2. The molecule has 0 radical (unpaired) electrons. The third kappa shape index (κ3) is 11.4. The normalized spacial score (nSPS) is 34.1. The number of carbonyl (C=O) groups is 2. The highest BCUT2D eigenvalue weighted by Gasteiger charge is 2.64. The average Bonchev–Trinajstić information content (AvgIpc) is 3.61. The second-order valence-electron chi connectivity index (χ2n) is 16.3. The monoisotopic (exact) mass is 944 g/mol. The van der Waals surface area contributed by atoms with E-state index in [1.807, 2.05) is 0 Å². The van der Waals surface area contributed by atoms with Crippen LogP contribution in [0.3, 0.4) is 0 Å². The number of aliphatic imine (C=N–C) groups is 1. The molecule has 6 heterocycles. The van der Waals surface area contributed by atoms with Crippen molar-refractivity contribution in [2.75, 3.05) is 31.7 Å². The highest BCUT2D eigenvalue weighted by molar-refractivity contribution is 8.13. The van der Waals surface area contributed by atoms with Crippen LogP contribution < -0.4 is 17.2 Å². The van der Waals surface area contributed by atoms with E-state index in [-0.39, 0.29) is 63.0 Å². The lowest BCUT2D eigenvalue weighted by Crippen LogP contribution is -2.49. The van der Waals surface area contributed by atoms with Crippen LogP contribution in [-0.2, 0) is 60.1 Å². The Labute approximate surface area is 364 Å². The van der Waals surface area contributed by atoms with Gasteiger partial charge in [0.25, 0.3) is 0 Å². The number of fused-ring (bicyclic) bond motifs is 2. The predicted molar refractivity (Wildman–Crippen MR) is 225 cm³/mol. The molecular formula is C37H60F2N6O14P2S. The number of nitrogens with zero attached hydrogens (tertiary/aromatic N) is 4. The minimum atomic E-state index is -4.24. The average molecular weight is 945 g/mol. The molecule has 20 nitrogen and oxygen atoms in total. The van der Waals surface area contributed by atoms with Crippen molar-refractivity contribution < 1.29 is 68.9 Å². The third-order valence-corrected chi connectivity index (χ3v) is 13.9. The molecule has 352 valence electrons. The molecule has 5 aliphatic heterocycles. The number of esters is 1. The Morgan fingerprint density at radius 2 is 1.47 bits per heavy atom. The van der Waals surface area contributed by atoms with Crippen molar-refractivity contribution >= 4 is 50.1 Å². The van der Waals surface area contributed by atoms with Gasteiger partial charge >= 0.3 is 27.3 Å². The summed E-state index contributed by atoms with van der Waals surface area (Å²) in [5, 5.41) is -0.142. The molecule has 1 aromatic rings. The van der Waals surface area contributed by atoms with Gasteiger partial charge in [0.2, 0.25) is 6.79 Å². The Hall–Kier alpha value is -3.08. The summed E-state index contributed by atoms with van der Waals surface area (Å²) in [7, 11) is -8.32. The van der Waals surface area contributed by atoms with Crippen molar-refractivity contribution in [2.24, 2.45) is 21.6 Å². The molecule has 4 fully saturated rings. The summed E-state index contributed by atoms with van der Waals surface area (Å²) >= 11 is 0.856. The zero-order valence-corrected chi connectivity index (χ0v) is 37.0. The number of halogens is 2. The van der Waals surface area contributed by atoms with Crippen molar-refractivity contribution in [3.05, 3.63) is 47.4 Å². The van der Waals surface area contributed by atoms with E-state index in [2.05, 4.69) is 16.6 Å². The number of thioether (sulfide) groups is 1. The topological polar surface area (TPSA) is 254 Å². The number of anilines is 1. The lowest BCUT2D eigenvalue weighted by atomic mass is 9.94. The predicted octanol–water partition coefficient (Wildman–Crippen LogP) is 6.49. The minimum absolute atomic E-state index is 0. The molecule has 0 bridgehead atoms. The summed E-state index contributed by atoms with van der Waals surface area (Å²) in [5.41, 5.74) is 6.47. The van der Waals surface area contributed by atoms with Crippen LogP contribution in [0.4, 0.5) is 14.6 Å². The van der Waals surface area contributed by atoms with Crippen LogP contribution in [-0.4, -0.2) is 99.3 Å². The zero-order valence-electron chi connectivity index (χ0n) is 34.4. The fraction of sp³-hybridized carbons (Fsp3) is 0.703. The molecule has 0 saturated carbocycles. The van der Waals surface area contributed by atoms with E-state index >= 15 is 8.78 Å². The number of amidine groups is 1. The van der Waals surface area contributed by atoms with Gasteiger partial charge in [-0.05, 0) is 45.8 Å². The van der Waals surface area contributed by atoms with Gasteiger partial charge < -0.3 is 30.6 Å². The summed E-state index contributed by atoms with van der Waals surface area (Å²) in [6.07, 6.45) is -3.75.